The molecule has 1 aromatic carbocycles. The van der Waals surface area contributed by atoms with Crippen molar-refractivity contribution in [1.82, 2.24) is 20.0 Å². The van der Waals surface area contributed by atoms with Crippen LogP contribution in [0.25, 0.3) is 0 Å². The Hall–Kier alpha value is -1.85. The molecule has 2 saturated heterocycles. The fourth-order valence-corrected chi connectivity index (χ4v) is 5.53. The fraction of sp³-hybridized carbons (Fsp3) is 0.545. The Morgan fingerprint density at radius 2 is 1.96 bits per heavy atom. The molecule has 1 aromatic heterocycles. The van der Waals surface area contributed by atoms with Crippen LogP contribution in [0.4, 0.5) is 0 Å². The maximum Gasteiger partial charge on any atom is 0.272 e. The van der Waals surface area contributed by atoms with E-state index in [2.05, 4.69) is 46.5 Å². The van der Waals surface area contributed by atoms with E-state index in [1.807, 2.05) is 11.7 Å². The topological polar surface area (TPSA) is 50.2 Å². The normalized spacial score (nSPS) is 25.9. The minimum Gasteiger partial charge on any atom is -0.330 e. The van der Waals surface area contributed by atoms with Gasteiger partial charge in [-0.25, -0.2) is 0 Å². The van der Waals surface area contributed by atoms with Crippen LogP contribution < -0.4 is 5.32 Å². The minimum atomic E-state index is 0. The highest BCUT2D eigenvalue weighted by atomic mass is 35.5. The van der Waals surface area contributed by atoms with Crippen molar-refractivity contribution in [3.05, 3.63) is 52.3 Å². The maximum absolute atomic E-state index is 13.8. The molecule has 150 valence electrons. The first kappa shape index (κ1) is 19.5. The van der Waals surface area contributed by atoms with E-state index in [1.54, 1.807) is 0 Å². The van der Waals surface area contributed by atoms with Crippen molar-refractivity contribution >= 4 is 18.3 Å². The van der Waals surface area contributed by atoms with E-state index in [4.69, 9.17) is 0 Å². The van der Waals surface area contributed by atoms with E-state index in [1.165, 1.54) is 23.1 Å². The van der Waals surface area contributed by atoms with Crippen molar-refractivity contribution in [2.75, 3.05) is 19.6 Å². The number of hydrogen-bond donors (Lipinski definition) is 1. The van der Waals surface area contributed by atoms with Crippen LogP contribution >= 0.6 is 12.4 Å². The number of carbonyl (C=O) groups is 1. The van der Waals surface area contributed by atoms with Gasteiger partial charge in [0.25, 0.3) is 5.91 Å². The largest absolute Gasteiger partial charge is 0.330 e. The first-order valence-corrected chi connectivity index (χ1v) is 10.3. The Labute approximate surface area is 172 Å². The molecule has 0 saturated carbocycles. The standard InChI is InChI=1S/C22H28N4O.ClH/c1-14-7-3-4-8-16(14)20-18-12-23-11-15(18)13-26(20)22(27)21-17-9-5-6-10-19(17)24-25(21)2;/h3-4,7-8,15,18,20,23H,5-6,9-13H2,1-2H3;1H/t15-,18-,20-;/m0./s1. The summed E-state index contributed by atoms with van der Waals surface area (Å²) in [5, 5.41) is 8.23. The predicted molar refractivity (Wildman–Crippen MR) is 112 cm³/mol. The highest BCUT2D eigenvalue weighted by Crippen LogP contribution is 2.44. The summed E-state index contributed by atoms with van der Waals surface area (Å²) in [5.74, 6) is 1.22. The summed E-state index contributed by atoms with van der Waals surface area (Å²) in [6.07, 6.45) is 4.34. The van der Waals surface area contributed by atoms with Crippen molar-refractivity contribution in [2.24, 2.45) is 18.9 Å². The lowest BCUT2D eigenvalue weighted by atomic mass is 9.87. The number of benzene rings is 1. The number of hydrogen-bond acceptors (Lipinski definition) is 3. The zero-order chi connectivity index (χ0) is 18.5. The molecule has 0 unspecified atom stereocenters. The van der Waals surface area contributed by atoms with E-state index >= 15 is 0 Å². The molecule has 0 radical (unpaired) electrons. The van der Waals surface area contributed by atoms with E-state index in [-0.39, 0.29) is 24.4 Å². The number of amides is 1. The van der Waals surface area contributed by atoms with Gasteiger partial charge in [0.2, 0.25) is 0 Å². The van der Waals surface area contributed by atoms with E-state index < -0.39 is 0 Å². The second-order valence-electron chi connectivity index (χ2n) is 8.45. The molecule has 1 N–H and O–H groups in total. The first-order valence-electron chi connectivity index (χ1n) is 10.3. The lowest BCUT2D eigenvalue weighted by molar-refractivity contribution is 0.0701. The highest BCUT2D eigenvalue weighted by molar-refractivity contribution is 5.95. The van der Waals surface area contributed by atoms with Crippen molar-refractivity contribution in [3.63, 3.8) is 0 Å². The number of aromatic nitrogens is 2. The van der Waals surface area contributed by atoms with Crippen LogP contribution in [0.2, 0.25) is 0 Å². The van der Waals surface area contributed by atoms with Crippen LogP contribution in [0.15, 0.2) is 24.3 Å². The summed E-state index contributed by atoms with van der Waals surface area (Å²) in [5.41, 5.74) is 5.75. The molecule has 3 atom stereocenters. The summed E-state index contributed by atoms with van der Waals surface area (Å²) in [4.78, 5) is 15.9. The van der Waals surface area contributed by atoms with Gasteiger partial charge in [-0.15, -0.1) is 12.4 Å². The number of carbonyl (C=O) groups excluding carboxylic acids is 1. The predicted octanol–water partition coefficient (Wildman–Crippen LogP) is 3.06. The quantitative estimate of drug-likeness (QED) is 0.842. The maximum atomic E-state index is 13.8. The van der Waals surface area contributed by atoms with Crippen LogP contribution in [-0.4, -0.2) is 40.2 Å². The van der Waals surface area contributed by atoms with Crippen LogP contribution in [-0.2, 0) is 19.9 Å². The molecule has 2 aromatic rings. The van der Waals surface area contributed by atoms with Crippen LogP contribution in [0.3, 0.4) is 0 Å². The van der Waals surface area contributed by atoms with Gasteiger partial charge in [-0.05, 0) is 49.7 Å². The second kappa shape index (κ2) is 7.53. The molecule has 1 amide bonds. The van der Waals surface area contributed by atoms with Gasteiger partial charge in [-0.2, -0.15) is 5.10 Å². The van der Waals surface area contributed by atoms with Gasteiger partial charge in [0.15, 0.2) is 0 Å². The van der Waals surface area contributed by atoms with Crippen molar-refractivity contribution in [1.29, 1.82) is 0 Å². The average molecular weight is 401 g/mol. The number of likely N-dealkylation sites (tertiary alicyclic amines) is 1. The molecular weight excluding hydrogens is 372 g/mol. The third-order valence-electron chi connectivity index (χ3n) is 6.85. The van der Waals surface area contributed by atoms with Gasteiger partial charge in [0, 0.05) is 38.2 Å². The molecule has 3 heterocycles. The molecule has 0 spiro atoms. The Bertz CT molecular complexity index is 893. The molecule has 3 aliphatic rings. The molecule has 1 aliphatic carbocycles. The van der Waals surface area contributed by atoms with E-state index in [0.717, 1.165) is 50.3 Å². The van der Waals surface area contributed by atoms with Gasteiger partial charge in [0.1, 0.15) is 5.69 Å². The summed E-state index contributed by atoms with van der Waals surface area (Å²) >= 11 is 0. The Kier molecular flexibility index (Phi) is 5.23. The third kappa shape index (κ3) is 2.96. The zero-order valence-electron chi connectivity index (χ0n) is 16.6. The summed E-state index contributed by atoms with van der Waals surface area (Å²) in [6.45, 7) is 5.02. The van der Waals surface area contributed by atoms with Crippen molar-refractivity contribution in [3.8, 4) is 0 Å². The molecule has 28 heavy (non-hydrogen) atoms. The first-order chi connectivity index (χ1) is 13.1. The molecule has 0 bridgehead atoms. The fourth-order valence-electron chi connectivity index (χ4n) is 5.53. The SMILES string of the molecule is Cc1ccccc1[C@H]1[C@H]2CNC[C@H]2CN1C(=O)c1c2c(nn1C)CCCC2.Cl. The monoisotopic (exact) mass is 400 g/mol. The molecule has 6 heteroatoms. The lowest BCUT2D eigenvalue weighted by Crippen LogP contribution is -2.36. The van der Waals surface area contributed by atoms with E-state index in [9.17, 15) is 4.79 Å². The Morgan fingerprint density at radius 3 is 2.79 bits per heavy atom. The third-order valence-corrected chi connectivity index (χ3v) is 6.85. The number of nitrogens with zero attached hydrogens (tertiary/aromatic N) is 3. The number of nitrogens with one attached hydrogen (secondary N) is 1. The van der Waals surface area contributed by atoms with Crippen molar-refractivity contribution < 1.29 is 4.79 Å². The number of halogens is 1. The summed E-state index contributed by atoms with van der Waals surface area (Å²) in [7, 11) is 1.94. The van der Waals surface area contributed by atoms with Gasteiger partial charge in [-0.3, -0.25) is 9.48 Å². The van der Waals surface area contributed by atoms with Crippen molar-refractivity contribution in [2.45, 2.75) is 38.6 Å². The molecule has 5 nitrogen and oxygen atoms in total. The van der Waals surface area contributed by atoms with Gasteiger partial charge in [-0.1, -0.05) is 24.3 Å². The highest BCUT2D eigenvalue weighted by Gasteiger charge is 2.48. The lowest BCUT2D eigenvalue weighted by Gasteiger charge is -2.30. The number of fused-ring (bicyclic) bond motifs is 2. The average Bonchev–Trinajstić information content (AvgIpc) is 3.33. The summed E-state index contributed by atoms with van der Waals surface area (Å²) in [6, 6.07) is 8.72. The molecule has 5 rings (SSSR count). The van der Waals surface area contributed by atoms with Gasteiger partial charge in [0.05, 0.1) is 11.7 Å². The summed E-state index contributed by atoms with van der Waals surface area (Å²) < 4.78 is 1.85. The Balaban J connectivity index is 0.00000192. The molecular formula is C22H29ClN4O. The Morgan fingerprint density at radius 1 is 1.18 bits per heavy atom. The second-order valence-corrected chi connectivity index (χ2v) is 8.45. The minimum absolute atomic E-state index is 0. The van der Waals surface area contributed by atoms with Gasteiger partial charge >= 0.3 is 0 Å². The smallest absolute Gasteiger partial charge is 0.272 e. The van der Waals surface area contributed by atoms with Gasteiger partial charge < -0.3 is 10.2 Å². The van der Waals surface area contributed by atoms with Crippen LogP contribution in [0.5, 0.6) is 0 Å². The van der Waals surface area contributed by atoms with E-state index in [0.29, 0.717) is 11.8 Å². The number of rotatable bonds is 2. The number of aryl methyl sites for hydroxylation is 3. The van der Waals surface area contributed by atoms with Crippen LogP contribution in [0, 0.1) is 18.8 Å². The van der Waals surface area contributed by atoms with Crippen LogP contribution in [0.1, 0.15) is 51.8 Å². The molecule has 2 aliphatic heterocycles. The zero-order valence-corrected chi connectivity index (χ0v) is 17.5. The molecule has 2 fully saturated rings.